The Labute approximate surface area is 116 Å². The van der Waals surface area contributed by atoms with Crippen LogP contribution in [0, 0.1) is 0 Å². The van der Waals surface area contributed by atoms with Crippen molar-refractivity contribution >= 4 is 0 Å². The van der Waals surface area contributed by atoms with Gasteiger partial charge in [0.1, 0.15) is 5.75 Å². The third-order valence-electron chi connectivity index (χ3n) is 4.32. The molecule has 2 aromatic rings. The second-order valence-corrected chi connectivity index (χ2v) is 5.49. The molecule has 4 N–H and O–H groups in total. The van der Waals surface area contributed by atoms with Crippen LogP contribution >= 0.6 is 0 Å². The van der Waals surface area contributed by atoms with Gasteiger partial charge in [0.25, 0.3) is 0 Å². The van der Waals surface area contributed by atoms with E-state index in [-0.39, 0.29) is 23.3 Å². The van der Waals surface area contributed by atoms with Gasteiger partial charge >= 0.3 is 0 Å². The Morgan fingerprint density at radius 1 is 1.05 bits per heavy atom. The van der Waals surface area contributed by atoms with E-state index in [1.807, 2.05) is 6.07 Å². The molecule has 0 fully saturated rings. The van der Waals surface area contributed by atoms with Crippen LogP contribution in [0.15, 0.2) is 24.3 Å². The molecule has 1 aliphatic heterocycles. The monoisotopic (exact) mass is 269 g/mol. The van der Waals surface area contributed by atoms with E-state index in [4.69, 9.17) is 0 Å². The van der Waals surface area contributed by atoms with Crippen molar-refractivity contribution in [3.8, 4) is 28.4 Å². The normalized spacial score (nSPS) is 19.3. The predicted octanol–water partition coefficient (Wildman–Crippen LogP) is 2.21. The van der Waals surface area contributed by atoms with E-state index in [1.54, 1.807) is 12.1 Å². The summed E-state index contributed by atoms with van der Waals surface area (Å²) in [4.78, 5) is 0. The molecule has 0 radical (unpaired) electrons. The van der Waals surface area contributed by atoms with Crippen molar-refractivity contribution in [2.45, 2.75) is 18.9 Å². The Balaban J connectivity index is 2.08. The van der Waals surface area contributed by atoms with Crippen LogP contribution in [0.5, 0.6) is 17.2 Å². The molecule has 1 heterocycles. The molecule has 20 heavy (non-hydrogen) atoms. The molecule has 4 heteroatoms. The molecule has 0 unspecified atom stereocenters. The fourth-order valence-corrected chi connectivity index (χ4v) is 3.49. The molecule has 4 rings (SSSR count). The Hall–Kier alpha value is -2.20. The first-order chi connectivity index (χ1) is 9.65. The van der Waals surface area contributed by atoms with Crippen LogP contribution in [0.25, 0.3) is 11.1 Å². The molecular formula is C16H15NO3. The Morgan fingerprint density at radius 3 is 2.75 bits per heavy atom. The lowest BCUT2D eigenvalue weighted by molar-refractivity contribution is 0.402. The van der Waals surface area contributed by atoms with E-state index >= 15 is 0 Å². The molecule has 2 aromatic carbocycles. The second kappa shape index (κ2) is 3.90. The zero-order valence-electron chi connectivity index (χ0n) is 10.8. The first kappa shape index (κ1) is 11.6. The minimum absolute atomic E-state index is 0.0978. The maximum absolute atomic E-state index is 10.2. The van der Waals surface area contributed by atoms with Gasteiger partial charge in [-0.25, -0.2) is 0 Å². The highest BCUT2D eigenvalue weighted by molar-refractivity contribution is 5.83. The summed E-state index contributed by atoms with van der Waals surface area (Å²) in [6.07, 6.45) is 1.65. The number of hydrogen-bond acceptors (Lipinski definition) is 4. The number of nitrogens with one attached hydrogen (secondary N) is 1. The predicted molar refractivity (Wildman–Crippen MR) is 75.0 cm³/mol. The molecule has 0 bridgehead atoms. The maximum atomic E-state index is 10.2. The lowest BCUT2D eigenvalue weighted by Gasteiger charge is -2.34. The van der Waals surface area contributed by atoms with Crippen LogP contribution in [0.1, 0.15) is 22.7 Å². The van der Waals surface area contributed by atoms with Crippen LogP contribution in [0.2, 0.25) is 0 Å². The smallest absolute Gasteiger partial charge is 0.165 e. The van der Waals surface area contributed by atoms with Gasteiger partial charge in [0.15, 0.2) is 11.5 Å². The van der Waals surface area contributed by atoms with Crippen molar-refractivity contribution in [1.82, 2.24) is 5.32 Å². The quantitative estimate of drug-likeness (QED) is 0.553. The summed E-state index contributed by atoms with van der Waals surface area (Å²) in [5.74, 6) is -0.0163. The highest BCUT2D eigenvalue weighted by Crippen LogP contribution is 2.49. The standard InChI is InChI=1S/C16H15NO3/c18-10-5-9-3-4-17-12-6-8-1-2-13(19)16(20)15(8)11(7-10)14(9)12/h1-2,5,7,12,17-20H,3-4,6H2/t12-/m0/s1. The van der Waals surface area contributed by atoms with E-state index in [0.717, 1.165) is 41.6 Å². The van der Waals surface area contributed by atoms with Gasteiger partial charge < -0.3 is 20.6 Å². The summed E-state index contributed by atoms with van der Waals surface area (Å²) in [6.45, 7) is 0.889. The average molecular weight is 269 g/mol. The molecule has 1 aliphatic carbocycles. The zero-order chi connectivity index (χ0) is 13.9. The van der Waals surface area contributed by atoms with Crippen LogP contribution in [-0.2, 0) is 12.8 Å². The van der Waals surface area contributed by atoms with Crippen LogP contribution in [-0.4, -0.2) is 21.9 Å². The van der Waals surface area contributed by atoms with Gasteiger partial charge in [-0.2, -0.15) is 0 Å². The number of rotatable bonds is 0. The third kappa shape index (κ3) is 1.45. The van der Waals surface area contributed by atoms with Gasteiger partial charge in [-0.3, -0.25) is 0 Å². The summed E-state index contributed by atoms with van der Waals surface area (Å²) >= 11 is 0. The highest BCUT2D eigenvalue weighted by atomic mass is 16.3. The topological polar surface area (TPSA) is 72.7 Å². The molecule has 0 spiro atoms. The average Bonchev–Trinajstić information content (AvgIpc) is 2.42. The number of phenolic OH excluding ortho intramolecular Hbond substituents is 3. The number of hydrogen-bond donors (Lipinski definition) is 4. The number of phenols is 3. The van der Waals surface area contributed by atoms with E-state index < -0.39 is 0 Å². The Kier molecular flexibility index (Phi) is 2.26. The summed E-state index contributed by atoms with van der Waals surface area (Å²) in [7, 11) is 0. The molecule has 0 amide bonds. The molecular weight excluding hydrogens is 254 g/mol. The van der Waals surface area contributed by atoms with Gasteiger partial charge in [-0.15, -0.1) is 0 Å². The Morgan fingerprint density at radius 2 is 1.90 bits per heavy atom. The van der Waals surface area contributed by atoms with Crippen molar-refractivity contribution in [3.63, 3.8) is 0 Å². The van der Waals surface area contributed by atoms with E-state index in [9.17, 15) is 15.3 Å². The Bertz CT molecular complexity index is 724. The van der Waals surface area contributed by atoms with Gasteiger partial charge in [-0.05, 0) is 59.8 Å². The highest BCUT2D eigenvalue weighted by Gasteiger charge is 2.32. The summed E-state index contributed by atoms with van der Waals surface area (Å²) < 4.78 is 0. The lowest BCUT2D eigenvalue weighted by atomic mass is 9.77. The van der Waals surface area contributed by atoms with E-state index in [0.29, 0.717) is 5.56 Å². The maximum Gasteiger partial charge on any atom is 0.165 e. The molecule has 0 saturated carbocycles. The summed E-state index contributed by atoms with van der Waals surface area (Å²) in [5, 5.41) is 33.4. The van der Waals surface area contributed by atoms with E-state index in [1.165, 1.54) is 6.07 Å². The van der Waals surface area contributed by atoms with Crippen LogP contribution in [0.4, 0.5) is 0 Å². The second-order valence-electron chi connectivity index (χ2n) is 5.49. The van der Waals surface area contributed by atoms with Crippen LogP contribution < -0.4 is 5.32 Å². The largest absolute Gasteiger partial charge is 0.508 e. The zero-order valence-corrected chi connectivity index (χ0v) is 10.8. The van der Waals surface area contributed by atoms with Crippen molar-refractivity contribution in [2.24, 2.45) is 0 Å². The molecule has 1 atom stereocenters. The minimum Gasteiger partial charge on any atom is -0.508 e. The molecule has 102 valence electrons. The summed E-state index contributed by atoms with van der Waals surface area (Å²) in [5.41, 5.74) is 4.73. The molecule has 2 aliphatic rings. The summed E-state index contributed by atoms with van der Waals surface area (Å²) in [6, 6.07) is 7.05. The molecule has 0 aromatic heterocycles. The number of benzene rings is 2. The van der Waals surface area contributed by atoms with E-state index in [2.05, 4.69) is 5.32 Å². The minimum atomic E-state index is -0.122. The van der Waals surface area contributed by atoms with Crippen LogP contribution in [0.3, 0.4) is 0 Å². The SMILES string of the molecule is Oc1cc2c3c(c1)-c1c(ccc(O)c1O)C[C@@H]3NCC2. The molecule has 0 saturated heterocycles. The first-order valence-electron chi connectivity index (χ1n) is 6.78. The van der Waals surface area contributed by atoms with Crippen molar-refractivity contribution in [3.05, 3.63) is 41.0 Å². The number of aromatic hydroxyl groups is 3. The van der Waals surface area contributed by atoms with Crippen molar-refractivity contribution < 1.29 is 15.3 Å². The van der Waals surface area contributed by atoms with Crippen molar-refractivity contribution in [1.29, 1.82) is 0 Å². The lowest BCUT2D eigenvalue weighted by Crippen LogP contribution is -2.33. The third-order valence-corrected chi connectivity index (χ3v) is 4.32. The van der Waals surface area contributed by atoms with Gasteiger partial charge in [0.2, 0.25) is 0 Å². The molecule has 4 nitrogen and oxygen atoms in total. The number of fused-ring (bicyclic) bond motifs is 2. The van der Waals surface area contributed by atoms with Gasteiger partial charge in [-0.1, -0.05) is 6.07 Å². The van der Waals surface area contributed by atoms with Gasteiger partial charge in [0, 0.05) is 11.6 Å². The van der Waals surface area contributed by atoms with Gasteiger partial charge in [0.05, 0.1) is 0 Å². The fourth-order valence-electron chi connectivity index (χ4n) is 3.49. The van der Waals surface area contributed by atoms with Crippen molar-refractivity contribution in [2.75, 3.05) is 6.54 Å². The fraction of sp³-hybridized carbons (Fsp3) is 0.250. The first-order valence-corrected chi connectivity index (χ1v) is 6.78.